The summed E-state index contributed by atoms with van der Waals surface area (Å²) in [5.74, 6) is 4.53. The van der Waals surface area contributed by atoms with Gasteiger partial charge in [-0.3, -0.25) is 15.0 Å². The number of halogens is 1. The molecule has 7 heteroatoms. The lowest BCUT2D eigenvalue weighted by Crippen LogP contribution is -2.31. The molecule has 1 aromatic rings. The van der Waals surface area contributed by atoms with E-state index in [9.17, 15) is 9.59 Å². The first kappa shape index (κ1) is 14.3. The summed E-state index contributed by atoms with van der Waals surface area (Å²) < 4.78 is 0. The maximum Gasteiger partial charge on any atom is 0.239 e. The molecule has 104 valence electrons. The molecule has 0 spiro atoms. The number of nitrogens with one attached hydrogen (secondary N) is 2. The van der Waals surface area contributed by atoms with Gasteiger partial charge in [-0.15, -0.1) is 22.9 Å². The number of hydrogen-bond acceptors (Lipinski definition) is 4. The maximum atomic E-state index is 11.5. The van der Waals surface area contributed by atoms with Crippen LogP contribution in [0.2, 0.25) is 0 Å². The Bertz CT molecular complexity index is 501. The highest BCUT2D eigenvalue weighted by Gasteiger charge is 2.23. The minimum atomic E-state index is -0.257. The second kappa shape index (κ2) is 6.36. The molecule has 0 aliphatic heterocycles. The number of nitrogens with two attached hydrogens (primary N) is 1. The zero-order chi connectivity index (χ0) is 13.8. The molecule has 2 rings (SSSR count). The molecule has 1 aliphatic carbocycles. The summed E-state index contributed by atoms with van der Waals surface area (Å²) in [7, 11) is 0. The van der Waals surface area contributed by atoms with Crippen molar-refractivity contribution in [3.63, 3.8) is 0 Å². The van der Waals surface area contributed by atoms with Crippen molar-refractivity contribution in [2.24, 2.45) is 5.84 Å². The lowest BCUT2D eigenvalue weighted by atomic mass is 9.94. The molecule has 5 nitrogen and oxygen atoms in total. The molecule has 0 bridgehead atoms. The number of amides is 2. The van der Waals surface area contributed by atoms with E-state index < -0.39 is 0 Å². The lowest BCUT2D eigenvalue weighted by Gasteiger charge is -2.12. The number of rotatable bonds is 4. The number of aryl methyl sites for hydroxylation is 1. The Morgan fingerprint density at radius 1 is 1.26 bits per heavy atom. The summed E-state index contributed by atoms with van der Waals surface area (Å²) in [4.78, 5) is 24.2. The monoisotopic (exact) mass is 301 g/mol. The van der Waals surface area contributed by atoms with Crippen LogP contribution in [0, 0.1) is 0 Å². The minimum Gasteiger partial charge on any atom is -0.316 e. The SMILES string of the molecule is NNC(=O)Cc1c(NC(=O)CCl)sc2c1CCCC2. The van der Waals surface area contributed by atoms with E-state index in [0.29, 0.717) is 0 Å². The molecule has 19 heavy (non-hydrogen) atoms. The predicted octanol–water partition coefficient (Wildman–Crippen LogP) is 1.34. The third-order valence-electron chi connectivity index (χ3n) is 3.15. The highest BCUT2D eigenvalue weighted by atomic mass is 35.5. The number of anilines is 1. The van der Waals surface area contributed by atoms with Crippen LogP contribution in [0.3, 0.4) is 0 Å². The van der Waals surface area contributed by atoms with Crippen LogP contribution in [-0.4, -0.2) is 17.7 Å². The average molecular weight is 302 g/mol. The Kier molecular flexibility index (Phi) is 4.79. The zero-order valence-electron chi connectivity index (χ0n) is 10.4. The van der Waals surface area contributed by atoms with Gasteiger partial charge in [0.1, 0.15) is 5.88 Å². The van der Waals surface area contributed by atoms with Gasteiger partial charge in [-0.05, 0) is 36.8 Å². The van der Waals surface area contributed by atoms with E-state index >= 15 is 0 Å². The van der Waals surface area contributed by atoms with Crippen molar-refractivity contribution in [1.82, 2.24) is 5.43 Å². The van der Waals surface area contributed by atoms with Crippen LogP contribution in [0.25, 0.3) is 0 Å². The maximum absolute atomic E-state index is 11.5. The lowest BCUT2D eigenvalue weighted by molar-refractivity contribution is -0.120. The van der Waals surface area contributed by atoms with Crippen LogP contribution >= 0.6 is 22.9 Å². The molecule has 0 aromatic carbocycles. The molecule has 1 aromatic heterocycles. The van der Waals surface area contributed by atoms with Crippen molar-refractivity contribution >= 4 is 39.8 Å². The van der Waals surface area contributed by atoms with Crippen LogP contribution in [0.15, 0.2) is 0 Å². The van der Waals surface area contributed by atoms with Gasteiger partial charge in [0, 0.05) is 4.88 Å². The highest BCUT2D eigenvalue weighted by Crippen LogP contribution is 2.38. The van der Waals surface area contributed by atoms with Gasteiger partial charge >= 0.3 is 0 Å². The Morgan fingerprint density at radius 2 is 2.00 bits per heavy atom. The van der Waals surface area contributed by atoms with E-state index in [1.54, 1.807) is 11.3 Å². The Hall–Kier alpha value is -1.11. The van der Waals surface area contributed by atoms with E-state index in [2.05, 4.69) is 10.7 Å². The second-order valence-electron chi connectivity index (χ2n) is 4.44. The number of alkyl halides is 1. The molecule has 0 radical (unpaired) electrons. The van der Waals surface area contributed by atoms with Gasteiger partial charge in [-0.2, -0.15) is 0 Å². The van der Waals surface area contributed by atoms with Gasteiger partial charge in [-0.25, -0.2) is 5.84 Å². The first-order chi connectivity index (χ1) is 9.15. The molecule has 0 unspecified atom stereocenters. The van der Waals surface area contributed by atoms with E-state index in [4.69, 9.17) is 17.4 Å². The summed E-state index contributed by atoms with van der Waals surface area (Å²) >= 11 is 7.05. The molecular formula is C12H16ClN3O2S. The van der Waals surface area contributed by atoms with Gasteiger partial charge in [0.25, 0.3) is 0 Å². The molecular weight excluding hydrogens is 286 g/mol. The topological polar surface area (TPSA) is 84.2 Å². The summed E-state index contributed by atoms with van der Waals surface area (Å²) in [5.41, 5.74) is 4.22. The first-order valence-electron chi connectivity index (χ1n) is 6.14. The zero-order valence-corrected chi connectivity index (χ0v) is 12.0. The van der Waals surface area contributed by atoms with Gasteiger partial charge in [0.2, 0.25) is 11.8 Å². The summed E-state index contributed by atoms with van der Waals surface area (Å²) in [5, 5.41) is 3.51. The van der Waals surface area contributed by atoms with E-state index in [0.717, 1.165) is 36.2 Å². The van der Waals surface area contributed by atoms with Gasteiger partial charge in [-0.1, -0.05) is 0 Å². The molecule has 1 aliphatic rings. The van der Waals surface area contributed by atoms with Gasteiger partial charge in [0.05, 0.1) is 11.4 Å². The van der Waals surface area contributed by atoms with Crippen molar-refractivity contribution in [1.29, 1.82) is 0 Å². The fourth-order valence-electron chi connectivity index (χ4n) is 2.29. The van der Waals surface area contributed by atoms with Crippen LogP contribution < -0.4 is 16.6 Å². The smallest absolute Gasteiger partial charge is 0.239 e. The third-order valence-corrected chi connectivity index (χ3v) is 4.65. The number of carbonyl (C=O) groups is 2. The molecule has 2 amide bonds. The average Bonchev–Trinajstić information content (AvgIpc) is 2.76. The molecule has 4 N–H and O–H groups in total. The number of hydrazine groups is 1. The Morgan fingerprint density at radius 3 is 2.68 bits per heavy atom. The van der Waals surface area contributed by atoms with Gasteiger partial charge < -0.3 is 5.32 Å². The number of thiophene rings is 1. The summed E-state index contributed by atoms with van der Waals surface area (Å²) in [6, 6.07) is 0. The second-order valence-corrected chi connectivity index (χ2v) is 5.82. The third kappa shape index (κ3) is 3.26. The molecule has 0 atom stereocenters. The normalized spacial score (nSPS) is 13.8. The van der Waals surface area contributed by atoms with Crippen LogP contribution in [-0.2, 0) is 28.9 Å². The van der Waals surface area contributed by atoms with Crippen LogP contribution in [0.4, 0.5) is 5.00 Å². The summed E-state index contributed by atoms with van der Waals surface area (Å²) in [6.45, 7) is 0. The summed E-state index contributed by atoms with van der Waals surface area (Å²) in [6.07, 6.45) is 4.42. The quantitative estimate of drug-likeness (QED) is 0.339. The number of fused-ring (bicyclic) bond motifs is 1. The molecule has 0 saturated heterocycles. The standard InChI is InChI=1S/C12H16ClN3O2S/c13-6-11(18)15-12-8(5-10(17)16-14)7-3-1-2-4-9(7)19-12/h1-6,14H2,(H,15,18)(H,16,17). The predicted molar refractivity (Wildman–Crippen MR) is 76.3 cm³/mol. The van der Waals surface area contributed by atoms with E-state index in [1.807, 2.05) is 0 Å². The molecule has 0 saturated carbocycles. The highest BCUT2D eigenvalue weighted by molar-refractivity contribution is 7.16. The first-order valence-corrected chi connectivity index (χ1v) is 7.49. The van der Waals surface area contributed by atoms with E-state index in [-0.39, 0.29) is 24.1 Å². The Balaban J connectivity index is 2.32. The number of carbonyl (C=O) groups excluding carboxylic acids is 2. The van der Waals surface area contributed by atoms with Crippen LogP contribution in [0.1, 0.15) is 28.8 Å². The van der Waals surface area contributed by atoms with Gasteiger partial charge in [0.15, 0.2) is 0 Å². The van der Waals surface area contributed by atoms with Crippen molar-refractivity contribution in [3.8, 4) is 0 Å². The Labute approximate surface area is 120 Å². The largest absolute Gasteiger partial charge is 0.316 e. The minimum absolute atomic E-state index is 0.0922. The van der Waals surface area contributed by atoms with Crippen molar-refractivity contribution in [2.45, 2.75) is 32.1 Å². The molecule has 1 heterocycles. The van der Waals surface area contributed by atoms with Crippen LogP contribution in [0.5, 0.6) is 0 Å². The van der Waals surface area contributed by atoms with Crippen molar-refractivity contribution in [3.05, 3.63) is 16.0 Å². The fourth-order valence-corrected chi connectivity index (χ4v) is 3.68. The fraction of sp³-hybridized carbons (Fsp3) is 0.500. The number of hydrogen-bond donors (Lipinski definition) is 3. The van der Waals surface area contributed by atoms with Crippen molar-refractivity contribution < 1.29 is 9.59 Å². The molecule has 0 fully saturated rings. The van der Waals surface area contributed by atoms with E-state index in [1.165, 1.54) is 10.4 Å². The van der Waals surface area contributed by atoms with Crippen molar-refractivity contribution in [2.75, 3.05) is 11.2 Å².